The monoisotopic (exact) mass is 198 g/mol. The number of H-pyrrole nitrogens is 1. The smallest absolute Gasteiger partial charge is 0.161 e. The number of anilines is 1. The molecular formula is C11H10N4. The lowest BCUT2D eigenvalue weighted by atomic mass is 10.1. The summed E-state index contributed by atoms with van der Waals surface area (Å²) in [5.74, 6) is 0.877. The largest absolute Gasteiger partial charge is 0.381 e. The molecule has 0 radical (unpaired) electrons. The summed E-state index contributed by atoms with van der Waals surface area (Å²) in [6.07, 6.45) is 0. The van der Waals surface area contributed by atoms with Crippen LogP contribution < -0.4 is 5.73 Å². The molecule has 0 unspecified atom stereocenters. The van der Waals surface area contributed by atoms with Crippen LogP contribution in [0.4, 0.5) is 5.82 Å². The standard InChI is InChI=1S/C11H10N4/c1-7-3-2-4-8(5-7)11-14-9(6-12)10(13)15-11/h2-5H,13H2,1H3,(H,14,15). The second-order valence-corrected chi connectivity index (χ2v) is 3.33. The van der Waals surface area contributed by atoms with Crippen LogP contribution in [-0.2, 0) is 0 Å². The normalized spacial score (nSPS) is 9.87. The Balaban J connectivity index is 2.51. The van der Waals surface area contributed by atoms with Gasteiger partial charge in [0.2, 0.25) is 0 Å². The Hall–Kier alpha value is -2.28. The van der Waals surface area contributed by atoms with E-state index >= 15 is 0 Å². The van der Waals surface area contributed by atoms with Crippen molar-refractivity contribution < 1.29 is 0 Å². The van der Waals surface area contributed by atoms with Gasteiger partial charge in [0.15, 0.2) is 11.5 Å². The molecule has 1 aromatic heterocycles. The molecule has 0 fully saturated rings. The highest BCUT2D eigenvalue weighted by Gasteiger charge is 2.07. The van der Waals surface area contributed by atoms with Crippen molar-refractivity contribution in [1.29, 1.82) is 5.26 Å². The Bertz CT molecular complexity index is 534. The maximum Gasteiger partial charge on any atom is 0.161 e. The van der Waals surface area contributed by atoms with E-state index in [2.05, 4.69) is 9.97 Å². The maximum atomic E-state index is 8.73. The first-order chi connectivity index (χ1) is 7.20. The Morgan fingerprint density at radius 1 is 1.47 bits per heavy atom. The highest BCUT2D eigenvalue weighted by atomic mass is 15.0. The molecule has 15 heavy (non-hydrogen) atoms. The van der Waals surface area contributed by atoms with Gasteiger partial charge in [-0.1, -0.05) is 23.8 Å². The number of aromatic amines is 1. The summed E-state index contributed by atoms with van der Waals surface area (Å²) in [7, 11) is 0. The van der Waals surface area contributed by atoms with Crippen LogP contribution in [-0.4, -0.2) is 9.97 Å². The van der Waals surface area contributed by atoms with Crippen molar-refractivity contribution in [2.75, 3.05) is 5.73 Å². The highest BCUT2D eigenvalue weighted by molar-refractivity contribution is 5.61. The summed E-state index contributed by atoms with van der Waals surface area (Å²) in [5.41, 5.74) is 7.95. The van der Waals surface area contributed by atoms with Crippen molar-refractivity contribution in [3.63, 3.8) is 0 Å². The van der Waals surface area contributed by atoms with Gasteiger partial charge in [-0.25, -0.2) is 4.98 Å². The topological polar surface area (TPSA) is 78.5 Å². The molecule has 4 nitrogen and oxygen atoms in total. The minimum Gasteiger partial charge on any atom is -0.381 e. The van der Waals surface area contributed by atoms with Gasteiger partial charge in [0.25, 0.3) is 0 Å². The quantitative estimate of drug-likeness (QED) is 0.733. The number of rotatable bonds is 1. The number of hydrogen-bond donors (Lipinski definition) is 2. The number of benzene rings is 1. The van der Waals surface area contributed by atoms with Crippen molar-refractivity contribution in [2.45, 2.75) is 6.92 Å². The van der Waals surface area contributed by atoms with Gasteiger partial charge in [-0.3, -0.25) is 0 Å². The number of nitrogens with two attached hydrogens (primary N) is 1. The fraction of sp³-hybridized carbons (Fsp3) is 0.0909. The van der Waals surface area contributed by atoms with Crippen LogP contribution >= 0.6 is 0 Å². The molecule has 0 saturated heterocycles. The van der Waals surface area contributed by atoms with Gasteiger partial charge in [0.1, 0.15) is 11.9 Å². The number of nitrogens with one attached hydrogen (secondary N) is 1. The summed E-state index contributed by atoms with van der Waals surface area (Å²) in [5, 5.41) is 8.73. The molecule has 0 bridgehead atoms. The predicted octanol–water partition coefficient (Wildman–Crippen LogP) is 1.84. The van der Waals surface area contributed by atoms with Crippen LogP contribution in [0.5, 0.6) is 0 Å². The van der Waals surface area contributed by atoms with E-state index < -0.39 is 0 Å². The van der Waals surface area contributed by atoms with Crippen LogP contribution in [0.15, 0.2) is 24.3 Å². The second-order valence-electron chi connectivity index (χ2n) is 3.33. The van der Waals surface area contributed by atoms with E-state index in [1.165, 1.54) is 0 Å². The molecule has 2 aromatic rings. The van der Waals surface area contributed by atoms with Gasteiger partial charge in [-0.2, -0.15) is 5.26 Å². The predicted molar refractivity (Wildman–Crippen MR) is 57.9 cm³/mol. The zero-order valence-corrected chi connectivity index (χ0v) is 8.28. The summed E-state index contributed by atoms with van der Waals surface area (Å²) in [6.45, 7) is 2.00. The van der Waals surface area contributed by atoms with Crippen molar-refractivity contribution in [3.05, 3.63) is 35.5 Å². The van der Waals surface area contributed by atoms with Crippen LogP contribution in [0.25, 0.3) is 11.4 Å². The van der Waals surface area contributed by atoms with E-state index in [-0.39, 0.29) is 5.82 Å². The van der Waals surface area contributed by atoms with Gasteiger partial charge in [0.05, 0.1) is 0 Å². The first kappa shape index (κ1) is 9.28. The molecule has 0 aliphatic rings. The van der Waals surface area contributed by atoms with Crippen molar-refractivity contribution in [2.24, 2.45) is 0 Å². The average Bonchev–Trinajstić information content (AvgIpc) is 2.60. The summed E-state index contributed by atoms with van der Waals surface area (Å²) < 4.78 is 0. The van der Waals surface area contributed by atoms with Crippen molar-refractivity contribution in [3.8, 4) is 17.5 Å². The maximum absolute atomic E-state index is 8.73. The van der Waals surface area contributed by atoms with Gasteiger partial charge in [-0.15, -0.1) is 0 Å². The lowest BCUT2D eigenvalue weighted by molar-refractivity contribution is 1.28. The zero-order chi connectivity index (χ0) is 10.8. The zero-order valence-electron chi connectivity index (χ0n) is 8.28. The Kier molecular flexibility index (Phi) is 2.14. The van der Waals surface area contributed by atoms with Gasteiger partial charge < -0.3 is 10.7 Å². The number of nitriles is 1. The molecule has 3 N–H and O–H groups in total. The van der Waals surface area contributed by atoms with E-state index in [1.807, 2.05) is 37.3 Å². The molecule has 1 aromatic carbocycles. The molecule has 2 rings (SSSR count). The van der Waals surface area contributed by atoms with Crippen LogP contribution in [0, 0.1) is 18.3 Å². The first-order valence-electron chi connectivity index (χ1n) is 4.53. The summed E-state index contributed by atoms with van der Waals surface area (Å²) in [6, 6.07) is 9.81. The first-order valence-corrected chi connectivity index (χ1v) is 4.53. The van der Waals surface area contributed by atoms with Crippen molar-refractivity contribution >= 4 is 5.82 Å². The molecular weight excluding hydrogens is 188 g/mol. The molecule has 4 heteroatoms. The minimum absolute atomic E-state index is 0.244. The number of aromatic nitrogens is 2. The molecule has 0 saturated carbocycles. The SMILES string of the molecule is Cc1cccc(-c2nc(N)c(C#N)[nH]2)c1. The van der Waals surface area contributed by atoms with E-state index in [1.54, 1.807) is 0 Å². The van der Waals surface area contributed by atoms with E-state index in [4.69, 9.17) is 11.0 Å². The van der Waals surface area contributed by atoms with Gasteiger partial charge in [0, 0.05) is 5.56 Å². The molecule has 1 heterocycles. The Labute approximate surface area is 87.4 Å². The minimum atomic E-state index is 0.244. The fourth-order valence-electron chi connectivity index (χ4n) is 1.40. The van der Waals surface area contributed by atoms with E-state index in [0.29, 0.717) is 11.5 Å². The lowest BCUT2D eigenvalue weighted by Crippen LogP contribution is -1.87. The average molecular weight is 198 g/mol. The number of nitrogens with zero attached hydrogens (tertiary/aromatic N) is 2. The summed E-state index contributed by atoms with van der Waals surface area (Å²) in [4.78, 5) is 6.97. The Morgan fingerprint density at radius 3 is 2.87 bits per heavy atom. The van der Waals surface area contributed by atoms with E-state index in [9.17, 15) is 0 Å². The molecule has 0 aliphatic heterocycles. The third-order valence-electron chi connectivity index (χ3n) is 2.14. The van der Waals surface area contributed by atoms with Crippen LogP contribution in [0.2, 0.25) is 0 Å². The molecule has 0 atom stereocenters. The van der Waals surface area contributed by atoms with Crippen molar-refractivity contribution in [1.82, 2.24) is 9.97 Å². The molecule has 0 amide bonds. The number of imidazole rings is 1. The fourth-order valence-corrected chi connectivity index (χ4v) is 1.40. The van der Waals surface area contributed by atoms with Gasteiger partial charge >= 0.3 is 0 Å². The number of aryl methyl sites for hydroxylation is 1. The summed E-state index contributed by atoms with van der Waals surface area (Å²) >= 11 is 0. The highest BCUT2D eigenvalue weighted by Crippen LogP contribution is 2.19. The molecule has 74 valence electrons. The van der Waals surface area contributed by atoms with Gasteiger partial charge in [-0.05, 0) is 13.0 Å². The lowest BCUT2D eigenvalue weighted by Gasteiger charge is -1.97. The molecule has 0 aliphatic carbocycles. The van der Waals surface area contributed by atoms with E-state index in [0.717, 1.165) is 11.1 Å². The third-order valence-corrected chi connectivity index (χ3v) is 2.14. The second kappa shape index (κ2) is 3.46. The number of hydrogen-bond acceptors (Lipinski definition) is 3. The Morgan fingerprint density at radius 2 is 2.27 bits per heavy atom. The number of nitrogen functional groups attached to an aromatic ring is 1. The van der Waals surface area contributed by atoms with Crippen LogP contribution in [0.3, 0.4) is 0 Å². The van der Waals surface area contributed by atoms with Crippen LogP contribution in [0.1, 0.15) is 11.3 Å². The third kappa shape index (κ3) is 1.67. The molecule has 0 spiro atoms.